The maximum Gasteiger partial charge on any atom is 0.279 e. The van der Waals surface area contributed by atoms with Crippen LogP contribution >= 0.6 is 0 Å². The van der Waals surface area contributed by atoms with Gasteiger partial charge in [0.25, 0.3) is 10.2 Å². The van der Waals surface area contributed by atoms with Gasteiger partial charge in [-0.2, -0.15) is 17.4 Å². The minimum atomic E-state index is -3.37. The van der Waals surface area contributed by atoms with Crippen molar-refractivity contribution in [2.24, 2.45) is 0 Å². The highest BCUT2D eigenvalue weighted by atomic mass is 32.2. The van der Waals surface area contributed by atoms with Gasteiger partial charge in [-0.3, -0.25) is 0 Å². The first-order valence-corrected chi connectivity index (χ1v) is 9.34. The molecule has 2 rings (SSSR count). The molecule has 1 heterocycles. The molecule has 0 aromatic carbocycles. The lowest BCUT2D eigenvalue weighted by Gasteiger charge is -2.35. The van der Waals surface area contributed by atoms with E-state index in [1.807, 2.05) is 13.8 Å². The summed E-state index contributed by atoms with van der Waals surface area (Å²) >= 11 is 0. The molecule has 0 spiro atoms. The Morgan fingerprint density at radius 3 is 2.00 bits per heavy atom. The lowest BCUT2D eigenvalue weighted by atomic mass is 9.97. The van der Waals surface area contributed by atoms with Crippen molar-refractivity contribution in [3.05, 3.63) is 0 Å². The molecule has 6 heteroatoms. The number of hydrogen-bond acceptors (Lipinski definition) is 3. The molecule has 1 saturated heterocycles. The first-order valence-electron chi connectivity index (χ1n) is 7.90. The predicted octanol–water partition coefficient (Wildman–Crippen LogP) is 2.04. The molecule has 1 saturated carbocycles. The molecule has 0 radical (unpaired) electrons. The summed E-state index contributed by atoms with van der Waals surface area (Å²) < 4.78 is 35.1. The fraction of sp³-hybridized carbons (Fsp3) is 1.00. The van der Waals surface area contributed by atoms with E-state index in [-0.39, 0.29) is 18.2 Å². The van der Waals surface area contributed by atoms with Gasteiger partial charge >= 0.3 is 0 Å². The number of ether oxygens (including phenoxy) is 1. The third-order valence-corrected chi connectivity index (χ3v) is 5.76. The van der Waals surface area contributed by atoms with E-state index < -0.39 is 10.2 Å². The van der Waals surface area contributed by atoms with Gasteiger partial charge in [0.1, 0.15) is 0 Å². The Morgan fingerprint density at radius 1 is 0.950 bits per heavy atom. The van der Waals surface area contributed by atoms with Gasteiger partial charge in [0.05, 0.1) is 12.2 Å². The van der Waals surface area contributed by atoms with Crippen molar-refractivity contribution >= 4 is 10.2 Å². The monoisotopic (exact) mass is 304 g/mol. The summed E-state index contributed by atoms with van der Waals surface area (Å²) in [5.41, 5.74) is 0. The highest BCUT2D eigenvalue weighted by molar-refractivity contribution is 7.87. The van der Waals surface area contributed by atoms with E-state index in [4.69, 9.17) is 4.74 Å². The first kappa shape index (κ1) is 16.2. The highest BCUT2D eigenvalue weighted by Gasteiger charge is 2.32. The molecule has 1 aliphatic heterocycles. The first-order chi connectivity index (χ1) is 9.47. The minimum Gasteiger partial charge on any atom is -0.373 e. The normalized spacial score (nSPS) is 31.7. The van der Waals surface area contributed by atoms with Gasteiger partial charge in [0.15, 0.2) is 0 Å². The van der Waals surface area contributed by atoms with E-state index >= 15 is 0 Å². The van der Waals surface area contributed by atoms with Crippen LogP contribution in [0.25, 0.3) is 0 Å². The van der Waals surface area contributed by atoms with Crippen LogP contribution in [0.1, 0.15) is 58.8 Å². The average Bonchev–Trinajstić information content (AvgIpc) is 2.31. The van der Waals surface area contributed by atoms with E-state index in [2.05, 4.69) is 4.72 Å². The van der Waals surface area contributed by atoms with Crippen molar-refractivity contribution in [2.75, 3.05) is 13.1 Å². The number of hydrogen-bond donors (Lipinski definition) is 1. The number of nitrogens with one attached hydrogen (secondary N) is 1. The molecule has 20 heavy (non-hydrogen) atoms. The van der Waals surface area contributed by atoms with Crippen molar-refractivity contribution in [3.63, 3.8) is 0 Å². The highest BCUT2D eigenvalue weighted by Crippen LogP contribution is 2.19. The van der Waals surface area contributed by atoms with Crippen LogP contribution in [0.4, 0.5) is 0 Å². The van der Waals surface area contributed by atoms with Gasteiger partial charge < -0.3 is 4.74 Å². The number of nitrogens with zero attached hydrogens (tertiary/aromatic N) is 1. The van der Waals surface area contributed by atoms with Crippen molar-refractivity contribution in [1.29, 1.82) is 0 Å². The molecule has 0 aromatic rings. The van der Waals surface area contributed by atoms with Crippen LogP contribution < -0.4 is 4.72 Å². The SMILES string of the molecule is CC1CN(S(=O)(=O)NC2CCCCCCC2)CC(C)O1. The van der Waals surface area contributed by atoms with Crippen LogP contribution in [-0.4, -0.2) is 44.1 Å². The van der Waals surface area contributed by atoms with Crippen LogP contribution in [-0.2, 0) is 14.9 Å². The summed E-state index contributed by atoms with van der Waals surface area (Å²) in [6.07, 6.45) is 7.86. The van der Waals surface area contributed by atoms with Gasteiger partial charge in [-0.1, -0.05) is 32.1 Å². The van der Waals surface area contributed by atoms with Crippen molar-refractivity contribution in [1.82, 2.24) is 9.03 Å². The van der Waals surface area contributed by atoms with Crippen molar-refractivity contribution in [3.8, 4) is 0 Å². The topological polar surface area (TPSA) is 58.6 Å². The molecule has 1 N–H and O–H groups in total. The molecule has 2 aliphatic rings. The number of morpholine rings is 1. The molecule has 2 unspecified atom stereocenters. The van der Waals surface area contributed by atoms with Crippen LogP contribution in [0.2, 0.25) is 0 Å². The smallest absolute Gasteiger partial charge is 0.279 e. The molecule has 2 fully saturated rings. The van der Waals surface area contributed by atoms with E-state index in [1.54, 1.807) is 4.31 Å². The molecule has 2 atom stereocenters. The second-order valence-corrected chi connectivity index (χ2v) is 7.94. The maximum atomic E-state index is 12.5. The van der Waals surface area contributed by atoms with Gasteiger partial charge in [0, 0.05) is 19.1 Å². The molecule has 118 valence electrons. The lowest BCUT2D eigenvalue weighted by Crippen LogP contribution is -2.53. The van der Waals surface area contributed by atoms with Crippen LogP contribution in [0.3, 0.4) is 0 Å². The zero-order valence-electron chi connectivity index (χ0n) is 12.7. The Bertz CT molecular complexity index is 381. The summed E-state index contributed by atoms with van der Waals surface area (Å²) in [4.78, 5) is 0. The zero-order chi connectivity index (χ0) is 14.6. The van der Waals surface area contributed by atoms with Crippen molar-refractivity contribution in [2.45, 2.75) is 77.0 Å². The summed E-state index contributed by atoms with van der Waals surface area (Å²) in [5.74, 6) is 0. The fourth-order valence-corrected chi connectivity index (χ4v) is 4.80. The quantitative estimate of drug-likeness (QED) is 0.868. The van der Waals surface area contributed by atoms with Gasteiger partial charge in [-0.15, -0.1) is 0 Å². The van der Waals surface area contributed by atoms with Gasteiger partial charge in [-0.25, -0.2) is 0 Å². The molecular weight excluding hydrogens is 276 g/mol. The van der Waals surface area contributed by atoms with E-state index in [0.29, 0.717) is 13.1 Å². The summed E-state index contributed by atoms with van der Waals surface area (Å²) in [6.45, 7) is 4.75. The molecule has 5 nitrogen and oxygen atoms in total. The lowest BCUT2D eigenvalue weighted by molar-refractivity contribution is -0.0444. The second kappa shape index (κ2) is 7.20. The molecule has 0 aromatic heterocycles. The maximum absolute atomic E-state index is 12.5. The van der Waals surface area contributed by atoms with Crippen molar-refractivity contribution < 1.29 is 13.2 Å². The third-order valence-electron chi connectivity index (χ3n) is 4.15. The standard InChI is InChI=1S/C14H28N2O3S/c1-12-10-16(11-13(2)19-12)20(17,18)15-14-8-6-4-3-5-7-9-14/h12-15H,3-11H2,1-2H3. The fourth-order valence-electron chi connectivity index (χ4n) is 3.19. The average molecular weight is 304 g/mol. The number of rotatable bonds is 3. The van der Waals surface area contributed by atoms with E-state index in [1.165, 1.54) is 19.3 Å². The second-order valence-electron chi connectivity index (χ2n) is 6.24. The third kappa shape index (κ3) is 4.69. The molecule has 0 bridgehead atoms. The Morgan fingerprint density at radius 2 is 1.45 bits per heavy atom. The largest absolute Gasteiger partial charge is 0.373 e. The van der Waals surface area contributed by atoms with E-state index in [0.717, 1.165) is 25.7 Å². The Kier molecular flexibility index (Phi) is 5.84. The Hall–Kier alpha value is -0.170. The van der Waals surface area contributed by atoms with Gasteiger partial charge in [-0.05, 0) is 26.7 Å². The molecule has 0 amide bonds. The van der Waals surface area contributed by atoms with Gasteiger partial charge in [0.2, 0.25) is 0 Å². The minimum absolute atomic E-state index is 0.0346. The molecule has 1 aliphatic carbocycles. The summed E-state index contributed by atoms with van der Waals surface area (Å²) in [5, 5.41) is 0. The Balaban J connectivity index is 1.94. The summed E-state index contributed by atoms with van der Waals surface area (Å²) in [7, 11) is -3.37. The van der Waals surface area contributed by atoms with Crippen LogP contribution in [0.15, 0.2) is 0 Å². The molecular formula is C14H28N2O3S. The van der Waals surface area contributed by atoms with Crippen LogP contribution in [0.5, 0.6) is 0 Å². The zero-order valence-corrected chi connectivity index (χ0v) is 13.5. The Labute approximate surface area is 123 Å². The predicted molar refractivity (Wildman–Crippen MR) is 79.7 cm³/mol. The van der Waals surface area contributed by atoms with Crippen LogP contribution in [0, 0.1) is 0 Å². The van der Waals surface area contributed by atoms with E-state index in [9.17, 15) is 8.42 Å². The summed E-state index contributed by atoms with van der Waals surface area (Å²) in [6, 6.07) is 0.105.